The van der Waals surface area contributed by atoms with Crippen LogP contribution >= 0.6 is 0 Å². The zero-order valence-electron chi connectivity index (χ0n) is 19.3. The van der Waals surface area contributed by atoms with Gasteiger partial charge in [-0.05, 0) is 74.0 Å². The number of nitrogens with zero attached hydrogens (tertiary/aromatic N) is 3. The first-order valence-corrected chi connectivity index (χ1v) is 12.9. The summed E-state index contributed by atoms with van der Waals surface area (Å²) in [6, 6.07) is 16.8. The third-order valence-corrected chi connectivity index (χ3v) is 8.66. The van der Waals surface area contributed by atoms with Crippen molar-refractivity contribution in [2.45, 2.75) is 30.3 Å². The summed E-state index contributed by atoms with van der Waals surface area (Å²) < 4.78 is 43.1. The van der Waals surface area contributed by atoms with Crippen LogP contribution in [0.4, 0.5) is 4.39 Å². The van der Waals surface area contributed by atoms with Crippen LogP contribution in [0.15, 0.2) is 70.4 Å². The first-order chi connectivity index (χ1) is 16.2. The van der Waals surface area contributed by atoms with E-state index in [9.17, 15) is 17.6 Å². The van der Waals surface area contributed by atoms with Crippen molar-refractivity contribution in [2.75, 3.05) is 27.2 Å². The fraction of sp³-hybridized carbons (Fsp3) is 0.346. The molecule has 2 bridgehead atoms. The lowest BCUT2D eigenvalue weighted by atomic mass is 9.83. The molecular weight excluding hydrogens is 453 g/mol. The summed E-state index contributed by atoms with van der Waals surface area (Å²) in [6.45, 7) is 1.89. The zero-order chi connectivity index (χ0) is 24.0. The topological polar surface area (TPSA) is 62.6 Å². The van der Waals surface area contributed by atoms with Crippen LogP contribution < -0.4 is 5.56 Å². The van der Waals surface area contributed by atoms with Gasteiger partial charge in [-0.1, -0.05) is 24.3 Å². The van der Waals surface area contributed by atoms with E-state index in [1.807, 2.05) is 55.1 Å². The number of hydrogen-bond acceptors (Lipinski definition) is 4. The molecule has 2 atom stereocenters. The second-order valence-electron chi connectivity index (χ2n) is 9.56. The summed E-state index contributed by atoms with van der Waals surface area (Å²) in [5, 5.41) is 0. The van der Waals surface area contributed by atoms with E-state index in [0.717, 1.165) is 29.8 Å². The van der Waals surface area contributed by atoms with Gasteiger partial charge in [-0.2, -0.15) is 4.31 Å². The summed E-state index contributed by atoms with van der Waals surface area (Å²) in [4.78, 5) is 15.8. The molecule has 2 aliphatic heterocycles. The largest absolute Gasteiger partial charge is 0.311 e. The van der Waals surface area contributed by atoms with Crippen LogP contribution in [0.5, 0.6) is 0 Å². The van der Waals surface area contributed by atoms with Gasteiger partial charge in [0, 0.05) is 43.4 Å². The van der Waals surface area contributed by atoms with Gasteiger partial charge in [0.1, 0.15) is 5.82 Å². The van der Waals surface area contributed by atoms with E-state index < -0.39 is 15.8 Å². The smallest absolute Gasteiger partial charge is 0.258 e. The summed E-state index contributed by atoms with van der Waals surface area (Å²) in [5.74, 6) is -0.473. The molecule has 3 heterocycles. The van der Waals surface area contributed by atoms with E-state index in [-0.39, 0.29) is 22.3 Å². The predicted molar refractivity (Wildman–Crippen MR) is 130 cm³/mol. The molecule has 0 N–H and O–H groups in total. The number of halogens is 1. The molecule has 6 nitrogen and oxygen atoms in total. The van der Waals surface area contributed by atoms with Gasteiger partial charge < -0.3 is 9.47 Å². The Bertz CT molecular complexity index is 1380. The second kappa shape index (κ2) is 8.76. The van der Waals surface area contributed by atoms with Crippen molar-refractivity contribution in [3.8, 4) is 11.1 Å². The highest BCUT2D eigenvalue weighted by Crippen LogP contribution is 2.38. The number of rotatable bonds is 5. The van der Waals surface area contributed by atoms with E-state index in [4.69, 9.17) is 0 Å². The third kappa shape index (κ3) is 4.10. The molecule has 178 valence electrons. The molecule has 0 unspecified atom stereocenters. The lowest BCUT2D eigenvalue weighted by molar-refractivity contribution is 0.186. The Morgan fingerprint density at radius 1 is 0.941 bits per heavy atom. The van der Waals surface area contributed by atoms with Crippen molar-refractivity contribution in [2.24, 2.45) is 5.92 Å². The summed E-state index contributed by atoms with van der Waals surface area (Å²) in [7, 11) is 0.280. The van der Waals surface area contributed by atoms with Crippen molar-refractivity contribution in [3.63, 3.8) is 0 Å². The van der Waals surface area contributed by atoms with E-state index in [1.54, 1.807) is 0 Å². The highest BCUT2D eigenvalue weighted by molar-refractivity contribution is 7.89. The molecule has 2 aromatic carbocycles. The van der Waals surface area contributed by atoms with Crippen molar-refractivity contribution < 1.29 is 12.8 Å². The van der Waals surface area contributed by atoms with Crippen molar-refractivity contribution in [1.82, 2.24) is 13.8 Å². The van der Waals surface area contributed by atoms with Gasteiger partial charge in [0.25, 0.3) is 5.56 Å². The Labute approximate surface area is 199 Å². The van der Waals surface area contributed by atoms with Gasteiger partial charge in [0.05, 0.1) is 4.90 Å². The van der Waals surface area contributed by atoms with E-state index >= 15 is 0 Å². The van der Waals surface area contributed by atoms with Gasteiger partial charge in [-0.25, -0.2) is 12.8 Å². The molecule has 5 rings (SSSR count). The average Bonchev–Trinajstić information content (AvgIpc) is 2.80. The quantitative estimate of drug-likeness (QED) is 0.560. The van der Waals surface area contributed by atoms with E-state index in [0.29, 0.717) is 25.2 Å². The molecular formula is C26H28FN3O3S. The molecule has 1 fully saturated rings. The van der Waals surface area contributed by atoms with Gasteiger partial charge in [0.2, 0.25) is 10.0 Å². The van der Waals surface area contributed by atoms with Crippen LogP contribution in [0, 0.1) is 11.7 Å². The average molecular weight is 482 g/mol. The SMILES string of the molecule is CN(C)Cc1ccccc1-c1ccc2n(c1=O)C[C@@H]1C[C@@H]2CN(S(=O)(=O)c2ccc(F)cc2)C1. The molecule has 8 heteroatoms. The Morgan fingerprint density at radius 3 is 2.41 bits per heavy atom. The van der Waals surface area contributed by atoms with Crippen molar-refractivity contribution >= 4 is 10.0 Å². The molecule has 2 aliphatic rings. The molecule has 0 spiro atoms. The molecule has 0 radical (unpaired) electrons. The molecule has 34 heavy (non-hydrogen) atoms. The van der Waals surface area contributed by atoms with Crippen LogP contribution in [0.25, 0.3) is 11.1 Å². The lowest BCUT2D eigenvalue weighted by Gasteiger charge is -2.42. The van der Waals surface area contributed by atoms with Crippen LogP contribution in [0.1, 0.15) is 23.6 Å². The minimum atomic E-state index is -3.73. The van der Waals surface area contributed by atoms with Gasteiger partial charge in [-0.3, -0.25) is 4.79 Å². The molecule has 0 aliphatic carbocycles. The maximum atomic E-state index is 13.6. The van der Waals surface area contributed by atoms with Crippen molar-refractivity contribution in [1.29, 1.82) is 0 Å². The van der Waals surface area contributed by atoms with E-state index in [1.165, 1.54) is 28.6 Å². The minimum absolute atomic E-state index is 0.0201. The number of pyridine rings is 1. The lowest BCUT2D eigenvalue weighted by Crippen LogP contribution is -2.49. The number of fused-ring (bicyclic) bond motifs is 4. The molecule has 0 saturated carbocycles. The van der Waals surface area contributed by atoms with Crippen LogP contribution in [0.3, 0.4) is 0 Å². The molecule has 0 amide bonds. The predicted octanol–water partition coefficient (Wildman–Crippen LogP) is 3.52. The highest BCUT2D eigenvalue weighted by atomic mass is 32.2. The maximum absolute atomic E-state index is 13.6. The van der Waals surface area contributed by atoms with Crippen LogP contribution in [-0.4, -0.2) is 49.4 Å². The first kappa shape index (κ1) is 23.0. The monoisotopic (exact) mass is 481 g/mol. The fourth-order valence-corrected chi connectivity index (χ4v) is 6.88. The normalized spacial score (nSPS) is 20.4. The van der Waals surface area contributed by atoms with Gasteiger partial charge in [-0.15, -0.1) is 0 Å². The fourth-order valence-electron chi connectivity index (χ4n) is 5.32. The Morgan fingerprint density at radius 2 is 1.68 bits per heavy atom. The number of hydrogen-bond donors (Lipinski definition) is 0. The Kier molecular flexibility index (Phi) is 5.91. The third-order valence-electron chi connectivity index (χ3n) is 6.82. The summed E-state index contributed by atoms with van der Waals surface area (Å²) in [5.41, 5.74) is 3.57. The van der Waals surface area contributed by atoms with Crippen molar-refractivity contribution in [3.05, 3.63) is 88.1 Å². The standard InChI is InChI=1S/C26H28FN3O3S/c1-28(2)16-19-5-3-4-6-23(19)24-11-12-25-20-13-18(15-30(25)26(24)31)14-29(17-20)34(32,33)22-9-7-21(27)8-10-22/h3-12,18,20H,13-17H2,1-2H3/t18-,20-/m1/s1. The minimum Gasteiger partial charge on any atom is -0.311 e. The van der Waals surface area contributed by atoms with Gasteiger partial charge in [0.15, 0.2) is 0 Å². The van der Waals surface area contributed by atoms with Crippen LogP contribution in [0.2, 0.25) is 0 Å². The Balaban J connectivity index is 1.49. The molecule has 3 aromatic rings. The number of aromatic nitrogens is 1. The number of benzene rings is 2. The first-order valence-electron chi connectivity index (χ1n) is 11.5. The second-order valence-corrected chi connectivity index (χ2v) is 11.5. The highest BCUT2D eigenvalue weighted by Gasteiger charge is 2.39. The van der Waals surface area contributed by atoms with Crippen LogP contribution in [-0.2, 0) is 23.1 Å². The summed E-state index contributed by atoms with van der Waals surface area (Å²) in [6.07, 6.45) is 0.853. The Hall–Kier alpha value is -2.81. The van der Waals surface area contributed by atoms with Gasteiger partial charge >= 0.3 is 0 Å². The van der Waals surface area contributed by atoms with E-state index in [2.05, 4.69) is 4.90 Å². The number of piperidine rings is 1. The summed E-state index contributed by atoms with van der Waals surface area (Å²) >= 11 is 0. The maximum Gasteiger partial charge on any atom is 0.258 e. The molecule has 1 aromatic heterocycles. The zero-order valence-corrected chi connectivity index (χ0v) is 20.1. The molecule has 1 saturated heterocycles. The number of sulfonamides is 1.